The molecule has 0 spiro atoms. The quantitative estimate of drug-likeness (QED) is 0.770. The first-order valence-corrected chi connectivity index (χ1v) is 10.3. The molecule has 1 aliphatic rings. The van der Waals surface area contributed by atoms with E-state index in [-0.39, 0.29) is 5.02 Å². The fourth-order valence-electron chi connectivity index (χ4n) is 2.74. The first kappa shape index (κ1) is 18.3. The van der Waals surface area contributed by atoms with E-state index >= 15 is 0 Å². The summed E-state index contributed by atoms with van der Waals surface area (Å²) in [6, 6.07) is 4.99. The minimum absolute atomic E-state index is 0.0823. The van der Waals surface area contributed by atoms with Crippen LogP contribution in [0.25, 0.3) is 0 Å². The molecular formula is C16H16ClFN2O3S2. The van der Waals surface area contributed by atoms with Crippen molar-refractivity contribution in [2.45, 2.75) is 31.1 Å². The van der Waals surface area contributed by atoms with Crippen LogP contribution < -0.4 is 10.3 Å². The highest BCUT2D eigenvalue weighted by atomic mass is 35.5. The molecule has 0 aliphatic heterocycles. The van der Waals surface area contributed by atoms with Gasteiger partial charge in [-0.3, -0.25) is 10.2 Å². The summed E-state index contributed by atoms with van der Waals surface area (Å²) in [4.78, 5) is 15.1. The van der Waals surface area contributed by atoms with Crippen LogP contribution in [0.5, 0.6) is 0 Å². The molecule has 134 valence electrons. The molecule has 1 heterocycles. The van der Waals surface area contributed by atoms with Crippen molar-refractivity contribution in [3.8, 4) is 0 Å². The summed E-state index contributed by atoms with van der Waals surface area (Å²) < 4.78 is 38.0. The summed E-state index contributed by atoms with van der Waals surface area (Å²) in [5, 5.41) is 0.0823. The second-order valence-electron chi connectivity index (χ2n) is 6.04. The van der Waals surface area contributed by atoms with Crippen LogP contribution >= 0.6 is 22.9 Å². The van der Waals surface area contributed by atoms with Crippen molar-refractivity contribution in [1.29, 1.82) is 0 Å². The fraction of sp³-hybridized carbons (Fsp3) is 0.312. The summed E-state index contributed by atoms with van der Waals surface area (Å²) in [5.74, 6) is -0.982. The second kappa shape index (κ2) is 7.03. The van der Waals surface area contributed by atoms with Crippen LogP contribution in [0, 0.1) is 11.7 Å². The van der Waals surface area contributed by atoms with Gasteiger partial charge in [0.05, 0.1) is 4.88 Å². The summed E-state index contributed by atoms with van der Waals surface area (Å²) in [7, 11) is -4.23. The van der Waals surface area contributed by atoms with Crippen molar-refractivity contribution in [3.63, 3.8) is 0 Å². The Hall–Kier alpha value is -1.48. The number of rotatable bonds is 4. The molecule has 1 aromatic heterocycles. The lowest BCUT2D eigenvalue weighted by Gasteiger charge is -2.16. The highest BCUT2D eigenvalue weighted by Crippen LogP contribution is 2.32. The summed E-state index contributed by atoms with van der Waals surface area (Å²) in [6.45, 7) is 2.16. The number of hydrogen-bond donors (Lipinski definition) is 2. The molecule has 2 N–H and O–H groups in total. The third-order valence-corrected chi connectivity index (χ3v) is 6.79. The van der Waals surface area contributed by atoms with Crippen LogP contribution in [0.1, 0.15) is 33.5 Å². The van der Waals surface area contributed by atoms with E-state index in [4.69, 9.17) is 11.6 Å². The van der Waals surface area contributed by atoms with Crippen LogP contribution in [0.4, 0.5) is 4.39 Å². The largest absolute Gasteiger partial charge is 0.276 e. The molecule has 0 bridgehead atoms. The number of carbonyl (C=O) groups excluding carboxylic acids is 1. The minimum Gasteiger partial charge on any atom is -0.273 e. The maximum Gasteiger partial charge on any atom is 0.276 e. The third kappa shape index (κ3) is 4.03. The molecule has 0 saturated carbocycles. The molecular weight excluding hydrogens is 387 g/mol. The maximum atomic E-state index is 13.8. The summed E-state index contributed by atoms with van der Waals surface area (Å²) in [5.41, 5.74) is 3.27. The van der Waals surface area contributed by atoms with Gasteiger partial charge >= 0.3 is 0 Å². The van der Waals surface area contributed by atoms with E-state index in [9.17, 15) is 17.6 Å². The molecule has 0 saturated heterocycles. The van der Waals surface area contributed by atoms with Gasteiger partial charge in [-0.1, -0.05) is 18.5 Å². The summed E-state index contributed by atoms with van der Waals surface area (Å²) in [6.07, 6.45) is 2.92. The average Bonchev–Trinajstić information content (AvgIpc) is 2.95. The number of amides is 1. The van der Waals surface area contributed by atoms with Gasteiger partial charge in [0.15, 0.2) is 0 Å². The van der Waals surface area contributed by atoms with Gasteiger partial charge in [0, 0.05) is 9.90 Å². The van der Waals surface area contributed by atoms with Gasteiger partial charge in [-0.15, -0.1) is 16.2 Å². The second-order valence-corrected chi connectivity index (χ2v) is 9.27. The molecule has 3 rings (SSSR count). The molecule has 5 nitrogen and oxygen atoms in total. The molecule has 1 amide bonds. The van der Waals surface area contributed by atoms with E-state index < -0.39 is 26.6 Å². The highest BCUT2D eigenvalue weighted by Gasteiger charge is 2.23. The Kier molecular flexibility index (Phi) is 5.15. The smallest absolute Gasteiger partial charge is 0.273 e. The lowest BCUT2D eigenvalue weighted by molar-refractivity contribution is 0.0949. The number of sulfonamides is 1. The fourth-order valence-corrected chi connectivity index (χ4v) is 4.90. The first-order valence-electron chi connectivity index (χ1n) is 7.65. The van der Waals surface area contributed by atoms with E-state index in [1.54, 1.807) is 6.07 Å². The zero-order chi connectivity index (χ0) is 18.2. The minimum atomic E-state index is -4.23. The average molecular weight is 403 g/mol. The number of hydrazine groups is 1. The highest BCUT2D eigenvalue weighted by molar-refractivity contribution is 7.89. The predicted octanol–water partition coefficient (Wildman–Crippen LogP) is 3.29. The molecule has 2 aromatic rings. The van der Waals surface area contributed by atoms with Gasteiger partial charge in [0.1, 0.15) is 10.7 Å². The van der Waals surface area contributed by atoms with E-state index in [0.717, 1.165) is 41.8 Å². The number of halogens is 2. The van der Waals surface area contributed by atoms with Crippen molar-refractivity contribution >= 4 is 38.9 Å². The van der Waals surface area contributed by atoms with Gasteiger partial charge in [-0.05, 0) is 55.0 Å². The van der Waals surface area contributed by atoms with Gasteiger partial charge < -0.3 is 0 Å². The standard InChI is InChI=1S/C16H16ClFN2O3S2/c1-9-2-4-13-10(6-9)7-14(24-13)16(21)19-20-25(22,23)15-5-3-11(17)8-12(15)18/h3,5,7-9,20H,2,4,6H2,1H3,(H,19,21)/t9-/m1/s1. The number of thiophene rings is 1. The lowest BCUT2D eigenvalue weighted by Crippen LogP contribution is -2.41. The normalized spacial score (nSPS) is 17.2. The van der Waals surface area contributed by atoms with E-state index in [0.29, 0.717) is 10.8 Å². The van der Waals surface area contributed by atoms with E-state index in [2.05, 4.69) is 12.3 Å². The van der Waals surface area contributed by atoms with E-state index in [1.807, 2.05) is 4.83 Å². The van der Waals surface area contributed by atoms with Crippen LogP contribution in [0.15, 0.2) is 29.2 Å². The van der Waals surface area contributed by atoms with Crippen molar-refractivity contribution in [2.24, 2.45) is 5.92 Å². The van der Waals surface area contributed by atoms with Crippen molar-refractivity contribution in [3.05, 3.63) is 50.4 Å². The Morgan fingerprint density at radius 3 is 2.84 bits per heavy atom. The zero-order valence-corrected chi connectivity index (χ0v) is 15.7. The molecule has 0 radical (unpaired) electrons. The van der Waals surface area contributed by atoms with Crippen molar-refractivity contribution < 1.29 is 17.6 Å². The molecule has 0 fully saturated rings. The van der Waals surface area contributed by atoms with Gasteiger partial charge in [-0.2, -0.15) is 0 Å². The van der Waals surface area contributed by atoms with Gasteiger partial charge in [0.2, 0.25) is 0 Å². The van der Waals surface area contributed by atoms with Crippen molar-refractivity contribution in [1.82, 2.24) is 10.3 Å². The summed E-state index contributed by atoms with van der Waals surface area (Å²) >= 11 is 6.97. The maximum absolute atomic E-state index is 13.8. The first-order chi connectivity index (χ1) is 11.8. The lowest BCUT2D eigenvalue weighted by atomic mass is 9.90. The zero-order valence-electron chi connectivity index (χ0n) is 13.3. The van der Waals surface area contributed by atoms with Crippen molar-refractivity contribution in [2.75, 3.05) is 0 Å². The number of nitrogens with one attached hydrogen (secondary N) is 2. The number of benzene rings is 1. The Balaban J connectivity index is 1.71. The number of hydrogen-bond acceptors (Lipinski definition) is 4. The van der Waals surface area contributed by atoms with E-state index in [1.165, 1.54) is 17.4 Å². The molecule has 1 aromatic carbocycles. The number of carbonyl (C=O) groups is 1. The Morgan fingerprint density at radius 2 is 2.12 bits per heavy atom. The molecule has 25 heavy (non-hydrogen) atoms. The molecule has 1 atom stereocenters. The monoisotopic (exact) mass is 402 g/mol. The predicted molar refractivity (Wildman–Crippen MR) is 94.7 cm³/mol. The third-order valence-electron chi connectivity index (χ3n) is 4.04. The SMILES string of the molecule is C[C@@H]1CCc2sc(C(=O)NNS(=O)(=O)c3ccc(Cl)cc3F)cc2C1. The van der Waals surface area contributed by atoms with Crippen LogP contribution in [0.3, 0.4) is 0 Å². The topological polar surface area (TPSA) is 75.3 Å². The number of fused-ring (bicyclic) bond motifs is 1. The molecule has 1 aliphatic carbocycles. The van der Waals surface area contributed by atoms with Gasteiger partial charge in [-0.25, -0.2) is 12.8 Å². The Morgan fingerprint density at radius 1 is 1.36 bits per heavy atom. The van der Waals surface area contributed by atoms with Crippen LogP contribution in [-0.4, -0.2) is 14.3 Å². The Labute approximate surface area is 154 Å². The Bertz CT molecular complexity index is 927. The van der Waals surface area contributed by atoms with Crippen LogP contribution in [-0.2, 0) is 22.9 Å². The van der Waals surface area contributed by atoms with Crippen LogP contribution in [0.2, 0.25) is 5.02 Å². The van der Waals surface area contributed by atoms with Gasteiger partial charge in [0.25, 0.3) is 15.9 Å². The molecule has 0 unspecified atom stereocenters. The number of aryl methyl sites for hydroxylation is 1. The molecule has 9 heteroatoms.